The SMILES string of the molecule is Cn1cc(-c2cccc(CNc3cc(C#N)c4cc([N+](=O)[O-])ccc4n3)c2)cn1. The molecule has 2 heterocycles. The van der Waals surface area contributed by atoms with Crippen molar-refractivity contribution in [1.82, 2.24) is 14.8 Å². The fourth-order valence-corrected chi connectivity index (χ4v) is 3.13. The topological polar surface area (TPSA) is 110 Å². The minimum Gasteiger partial charge on any atom is -0.366 e. The molecule has 0 fully saturated rings. The molecule has 0 saturated heterocycles. The molecular formula is C21H16N6O2. The van der Waals surface area contributed by atoms with Crippen LogP contribution in [0.1, 0.15) is 11.1 Å². The molecule has 8 heteroatoms. The molecule has 0 unspecified atom stereocenters. The summed E-state index contributed by atoms with van der Waals surface area (Å²) in [6, 6.07) is 16.1. The van der Waals surface area contributed by atoms with E-state index in [2.05, 4.69) is 27.5 Å². The first-order valence-electron chi connectivity index (χ1n) is 8.84. The molecule has 0 radical (unpaired) electrons. The van der Waals surface area contributed by atoms with Gasteiger partial charge in [0, 0.05) is 42.9 Å². The van der Waals surface area contributed by atoms with Crippen molar-refractivity contribution in [3.63, 3.8) is 0 Å². The summed E-state index contributed by atoms with van der Waals surface area (Å²) in [5.74, 6) is 0.537. The average molecular weight is 384 g/mol. The van der Waals surface area contributed by atoms with E-state index in [4.69, 9.17) is 0 Å². The zero-order chi connectivity index (χ0) is 20.4. The van der Waals surface area contributed by atoms with Gasteiger partial charge in [-0.05, 0) is 29.3 Å². The van der Waals surface area contributed by atoms with E-state index in [9.17, 15) is 15.4 Å². The average Bonchev–Trinajstić information content (AvgIpc) is 3.17. The summed E-state index contributed by atoms with van der Waals surface area (Å²) in [6.45, 7) is 0.518. The molecule has 0 aliphatic carbocycles. The van der Waals surface area contributed by atoms with E-state index < -0.39 is 4.92 Å². The van der Waals surface area contributed by atoms with Crippen LogP contribution >= 0.6 is 0 Å². The van der Waals surface area contributed by atoms with E-state index in [0.29, 0.717) is 28.8 Å². The van der Waals surface area contributed by atoms with Gasteiger partial charge in [-0.25, -0.2) is 4.98 Å². The number of rotatable bonds is 5. The fourth-order valence-electron chi connectivity index (χ4n) is 3.13. The third-order valence-corrected chi connectivity index (χ3v) is 4.56. The van der Waals surface area contributed by atoms with E-state index in [1.54, 1.807) is 16.8 Å². The van der Waals surface area contributed by atoms with E-state index >= 15 is 0 Å². The zero-order valence-electron chi connectivity index (χ0n) is 15.5. The van der Waals surface area contributed by atoms with Crippen LogP contribution in [0.15, 0.2) is 60.9 Å². The van der Waals surface area contributed by atoms with Crippen molar-refractivity contribution < 1.29 is 4.92 Å². The highest BCUT2D eigenvalue weighted by molar-refractivity contribution is 5.88. The Labute approximate surface area is 166 Å². The lowest BCUT2D eigenvalue weighted by atomic mass is 10.1. The standard InChI is InChI=1S/C21H16N6O2/c1-26-13-17(12-24-26)15-4-2-3-14(7-15)11-23-21-8-16(10-22)19-9-18(27(28)29)5-6-20(19)25-21/h2-9,12-13H,11H2,1H3,(H,23,25). The highest BCUT2D eigenvalue weighted by Crippen LogP contribution is 2.25. The summed E-state index contributed by atoms with van der Waals surface area (Å²) < 4.78 is 1.76. The van der Waals surface area contributed by atoms with Gasteiger partial charge in [0.2, 0.25) is 0 Å². The zero-order valence-corrected chi connectivity index (χ0v) is 15.5. The summed E-state index contributed by atoms with van der Waals surface area (Å²) in [6.07, 6.45) is 3.77. The Balaban J connectivity index is 1.59. The number of aromatic nitrogens is 3. The maximum absolute atomic E-state index is 11.0. The molecule has 8 nitrogen and oxygen atoms in total. The van der Waals surface area contributed by atoms with E-state index in [1.807, 2.05) is 37.6 Å². The van der Waals surface area contributed by atoms with E-state index in [0.717, 1.165) is 16.7 Å². The highest BCUT2D eigenvalue weighted by Gasteiger charge is 2.12. The first kappa shape index (κ1) is 18.1. The smallest absolute Gasteiger partial charge is 0.270 e. The maximum atomic E-state index is 11.0. The molecule has 0 bridgehead atoms. The number of nitro benzene ring substituents is 1. The van der Waals surface area contributed by atoms with Crippen molar-refractivity contribution in [2.75, 3.05) is 5.32 Å². The second-order valence-electron chi connectivity index (χ2n) is 6.58. The molecule has 2 aromatic heterocycles. The first-order chi connectivity index (χ1) is 14.0. The number of benzene rings is 2. The number of non-ortho nitro benzene ring substituents is 1. The van der Waals surface area contributed by atoms with Gasteiger partial charge in [-0.3, -0.25) is 14.8 Å². The summed E-state index contributed by atoms with van der Waals surface area (Å²) >= 11 is 0. The van der Waals surface area contributed by atoms with Crippen LogP contribution in [-0.4, -0.2) is 19.7 Å². The molecule has 4 rings (SSSR count). The molecular weight excluding hydrogens is 368 g/mol. The second-order valence-corrected chi connectivity index (χ2v) is 6.58. The quantitative estimate of drug-likeness (QED) is 0.411. The predicted molar refractivity (Wildman–Crippen MR) is 109 cm³/mol. The molecule has 4 aromatic rings. The third kappa shape index (κ3) is 3.75. The number of hydrogen-bond acceptors (Lipinski definition) is 6. The van der Waals surface area contributed by atoms with Crippen LogP contribution in [-0.2, 0) is 13.6 Å². The monoisotopic (exact) mass is 384 g/mol. The Morgan fingerprint density at radius 1 is 1.21 bits per heavy atom. The molecule has 0 atom stereocenters. The number of pyridine rings is 1. The summed E-state index contributed by atoms with van der Waals surface area (Å²) in [4.78, 5) is 15.0. The molecule has 2 aromatic carbocycles. The normalized spacial score (nSPS) is 10.6. The Morgan fingerprint density at radius 2 is 2.07 bits per heavy atom. The lowest BCUT2D eigenvalue weighted by molar-refractivity contribution is -0.384. The third-order valence-electron chi connectivity index (χ3n) is 4.56. The fraction of sp³-hybridized carbons (Fsp3) is 0.0952. The van der Waals surface area contributed by atoms with Gasteiger partial charge in [0.25, 0.3) is 5.69 Å². The van der Waals surface area contributed by atoms with Crippen LogP contribution in [0.4, 0.5) is 11.5 Å². The number of nitrogens with zero attached hydrogens (tertiary/aromatic N) is 5. The molecule has 1 N–H and O–H groups in total. The first-order valence-corrected chi connectivity index (χ1v) is 8.84. The Bertz CT molecular complexity index is 1270. The van der Waals surface area contributed by atoms with Crippen LogP contribution < -0.4 is 5.32 Å². The molecule has 29 heavy (non-hydrogen) atoms. The predicted octanol–water partition coefficient (Wildman–Crippen LogP) is 4.03. The molecule has 0 saturated carbocycles. The van der Waals surface area contributed by atoms with Crippen molar-refractivity contribution in [1.29, 1.82) is 5.26 Å². The van der Waals surface area contributed by atoms with E-state index in [1.165, 1.54) is 12.1 Å². The van der Waals surface area contributed by atoms with E-state index in [-0.39, 0.29) is 5.69 Å². The van der Waals surface area contributed by atoms with Crippen molar-refractivity contribution in [2.45, 2.75) is 6.54 Å². The summed E-state index contributed by atoms with van der Waals surface area (Å²) in [7, 11) is 1.88. The number of nitrogens with one attached hydrogen (secondary N) is 1. The highest BCUT2D eigenvalue weighted by atomic mass is 16.6. The van der Waals surface area contributed by atoms with Gasteiger partial charge in [0.1, 0.15) is 5.82 Å². The largest absolute Gasteiger partial charge is 0.366 e. The molecule has 0 amide bonds. The molecule has 0 aliphatic rings. The minimum absolute atomic E-state index is 0.0660. The lowest BCUT2D eigenvalue weighted by Crippen LogP contribution is -2.02. The van der Waals surface area contributed by atoms with Crippen LogP contribution in [0.2, 0.25) is 0 Å². The van der Waals surface area contributed by atoms with Crippen molar-refractivity contribution in [2.24, 2.45) is 7.05 Å². The second kappa shape index (κ2) is 7.40. The van der Waals surface area contributed by atoms with Gasteiger partial charge in [0.05, 0.1) is 28.3 Å². The number of hydrogen-bond donors (Lipinski definition) is 1. The minimum atomic E-state index is -0.484. The lowest BCUT2D eigenvalue weighted by Gasteiger charge is -2.09. The van der Waals surface area contributed by atoms with Crippen molar-refractivity contribution >= 4 is 22.4 Å². The molecule has 0 spiro atoms. The van der Waals surface area contributed by atoms with Gasteiger partial charge in [-0.1, -0.05) is 18.2 Å². The summed E-state index contributed by atoms with van der Waals surface area (Å²) in [5, 5.41) is 28.3. The number of nitriles is 1. The van der Waals surface area contributed by atoms with Crippen LogP contribution in [0, 0.1) is 21.4 Å². The van der Waals surface area contributed by atoms with Gasteiger partial charge in [-0.15, -0.1) is 0 Å². The van der Waals surface area contributed by atoms with Crippen LogP contribution in [0.25, 0.3) is 22.0 Å². The van der Waals surface area contributed by atoms with Crippen LogP contribution in [0.5, 0.6) is 0 Å². The number of aryl methyl sites for hydroxylation is 1. The molecule has 0 aliphatic heterocycles. The Hall–Kier alpha value is -4.25. The number of anilines is 1. The van der Waals surface area contributed by atoms with Crippen molar-refractivity contribution in [3.05, 3.63) is 82.2 Å². The van der Waals surface area contributed by atoms with Gasteiger partial charge < -0.3 is 5.32 Å². The maximum Gasteiger partial charge on any atom is 0.270 e. The molecule has 142 valence electrons. The number of nitro groups is 1. The Morgan fingerprint density at radius 3 is 2.79 bits per heavy atom. The van der Waals surface area contributed by atoms with Crippen LogP contribution in [0.3, 0.4) is 0 Å². The van der Waals surface area contributed by atoms with Gasteiger partial charge in [-0.2, -0.15) is 10.4 Å². The van der Waals surface area contributed by atoms with Crippen molar-refractivity contribution in [3.8, 4) is 17.2 Å². The van der Waals surface area contributed by atoms with Gasteiger partial charge in [0.15, 0.2) is 0 Å². The van der Waals surface area contributed by atoms with Gasteiger partial charge >= 0.3 is 0 Å². The summed E-state index contributed by atoms with van der Waals surface area (Å²) in [5.41, 5.74) is 3.95. The number of fused-ring (bicyclic) bond motifs is 1. The Kier molecular flexibility index (Phi) is 4.63.